The van der Waals surface area contributed by atoms with Crippen LogP contribution in [0.15, 0.2) is 191 Å². The fourth-order valence-corrected chi connectivity index (χ4v) is 7.23. The van der Waals surface area contributed by atoms with E-state index in [1.54, 1.807) is 60.7 Å². The Kier molecular flexibility index (Phi) is 21.7. The van der Waals surface area contributed by atoms with E-state index in [9.17, 15) is 14.4 Å². The third kappa shape index (κ3) is 17.8. The molecule has 60 heavy (non-hydrogen) atoms. The summed E-state index contributed by atoms with van der Waals surface area (Å²) in [5.41, 5.74) is 5.71. The summed E-state index contributed by atoms with van der Waals surface area (Å²) in [7, 11) is 0. The molecule has 0 aliphatic rings. The molecule has 0 amide bonds. The lowest BCUT2D eigenvalue weighted by atomic mass is 10.1. The van der Waals surface area contributed by atoms with Gasteiger partial charge >= 0.3 is 0 Å². The number of carbonyl (C=O) groups is 3. The van der Waals surface area contributed by atoms with Crippen LogP contribution in [0.1, 0.15) is 33.4 Å². The van der Waals surface area contributed by atoms with Crippen LogP contribution in [0, 0.1) is 7.14 Å². The molecule has 0 radical (unpaired) electrons. The molecule has 0 bridgehead atoms. The van der Waals surface area contributed by atoms with Gasteiger partial charge in [-0.3, -0.25) is 14.4 Å². The molecule has 0 N–H and O–H groups in total. The molecule has 0 spiro atoms. The van der Waals surface area contributed by atoms with Gasteiger partial charge in [0.05, 0.1) is 0 Å². The van der Waals surface area contributed by atoms with Crippen molar-refractivity contribution in [2.45, 2.75) is 0 Å². The van der Waals surface area contributed by atoms with Crippen LogP contribution in [0.25, 0.3) is 36.5 Å². The molecule has 6 aromatic rings. The van der Waals surface area contributed by atoms with Gasteiger partial charge in [-0.25, -0.2) is 0 Å². The summed E-state index contributed by atoms with van der Waals surface area (Å²) >= 11 is 23.4. The fourth-order valence-electron chi connectivity index (χ4n) is 4.86. The third-order valence-electron chi connectivity index (χ3n) is 7.99. The van der Waals surface area contributed by atoms with Crippen LogP contribution in [0.3, 0.4) is 0 Å². The van der Waals surface area contributed by atoms with E-state index >= 15 is 0 Å². The minimum atomic E-state index is -0.121. The molecule has 0 aliphatic carbocycles. The van der Waals surface area contributed by atoms with Crippen LogP contribution >= 0.6 is 100 Å². The molecule has 0 unspecified atom stereocenters. The van der Waals surface area contributed by atoms with Crippen molar-refractivity contribution in [2.75, 3.05) is 0 Å². The molecule has 0 saturated carbocycles. The van der Waals surface area contributed by atoms with E-state index in [0.717, 1.165) is 49.5 Å². The number of ketones is 3. The molecular formula is C51H36Br2Cl2I2O3. The number of rotatable bonds is 12. The predicted molar refractivity (Wildman–Crippen MR) is 279 cm³/mol. The standard InChI is InChI=1S/C17H12Br2O.C17H12Cl2O.C17H12I2O/c3*18-16-7-3-1-5-13(16)9-11-15(20)12-10-14-6-2-4-8-17(14)19/h3*1-12H/b3*11-9+,12-10+. The minimum Gasteiger partial charge on any atom is -0.290 e. The number of allylic oxidation sites excluding steroid dienone is 6. The first-order valence-corrected chi connectivity index (χ1v) is 22.7. The zero-order valence-electron chi connectivity index (χ0n) is 31.8. The number of hydrogen-bond donors (Lipinski definition) is 0. The van der Waals surface area contributed by atoms with Crippen molar-refractivity contribution < 1.29 is 14.4 Å². The summed E-state index contributed by atoms with van der Waals surface area (Å²) in [5.74, 6) is -0.175. The molecule has 300 valence electrons. The molecule has 0 saturated heterocycles. The van der Waals surface area contributed by atoms with Crippen LogP contribution in [0.2, 0.25) is 10.0 Å². The van der Waals surface area contributed by atoms with Crippen LogP contribution in [0.5, 0.6) is 0 Å². The molecule has 9 heteroatoms. The maximum Gasteiger partial charge on any atom is 0.178 e. The Morgan fingerprint density at radius 3 is 0.883 bits per heavy atom. The quantitative estimate of drug-likeness (QED) is 0.0906. The summed E-state index contributed by atoms with van der Waals surface area (Å²) in [4.78, 5) is 35.4. The highest BCUT2D eigenvalue weighted by Gasteiger charge is 2.00. The summed E-state index contributed by atoms with van der Waals surface area (Å²) in [6.45, 7) is 0. The highest BCUT2D eigenvalue weighted by molar-refractivity contribution is 14.1. The van der Waals surface area contributed by atoms with Crippen molar-refractivity contribution in [3.63, 3.8) is 0 Å². The lowest BCUT2D eigenvalue weighted by Gasteiger charge is -1.97. The Labute approximate surface area is 405 Å². The largest absolute Gasteiger partial charge is 0.290 e. The second-order valence-corrected chi connectivity index (χ2v) is 17.2. The number of carbonyl (C=O) groups excluding carboxylic acids is 3. The van der Waals surface area contributed by atoms with Gasteiger partial charge in [0.2, 0.25) is 0 Å². The monoisotopic (exact) mass is 1180 g/mol. The highest BCUT2D eigenvalue weighted by Crippen LogP contribution is 2.20. The summed E-state index contributed by atoms with van der Waals surface area (Å²) in [5, 5.41) is 1.23. The van der Waals surface area contributed by atoms with E-state index in [1.165, 1.54) is 12.2 Å². The molecule has 3 nitrogen and oxygen atoms in total. The van der Waals surface area contributed by atoms with Gasteiger partial charge in [0, 0.05) is 26.1 Å². The fraction of sp³-hybridized carbons (Fsp3) is 0. The van der Waals surface area contributed by atoms with Gasteiger partial charge in [-0.1, -0.05) is 176 Å². The Hall–Kier alpha value is -4.23. The maximum atomic E-state index is 11.8. The summed E-state index contributed by atoms with van der Waals surface area (Å²) in [6, 6.07) is 46.2. The van der Waals surface area contributed by atoms with E-state index in [-0.39, 0.29) is 17.3 Å². The zero-order valence-corrected chi connectivity index (χ0v) is 40.8. The van der Waals surface area contributed by atoms with Crippen molar-refractivity contribution in [2.24, 2.45) is 0 Å². The SMILES string of the molecule is O=C(/C=C/c1ccccc1Br)/C=C/c1ccccc1Br.O=C(/C=C/c1ccccc1Cl)/C=C/c1ccccc1Cl.O=C(/C=C/c1ccccc1I)/C=C/c1ccccc1I. The molecule has 0 aliphatic heterocycles. The van der Waals surface area contributed by atoms with E-state index in [4.69, 9.17) is 23.2 Å². The Balaban J connectivity index is 0.000000198. The maximum absolute atomic E-state index is 11.8. The van der Waals surface area contributed by atoms with Crippen molar-refractivity contribution in [1.29, 1.82) is 0 Å². The Bertz CT molecular complexity index is 2140. The van der Waals surface area contributed by atoms with Crippen molar-refractivity contribution in [3.05, 3.63) is 242 Å². The lowest BCUT2D eigenvalue weighted by molar-refractivity contribution is -0.111. The highest BCUT2D eigenvalue weighted by atomic mass is 127. The van der Waals surface area contributed by atoms with Gasteiger partial charge in [0.15, 0.2) is 17.3 Å². The average Bonchev–Trinajstić information content (AvgIpc) is 3.25. The zero-order chi connectivity index (χ0) is 43.1. The molecular weight excluding hydrogens is 1150 g/mol. The molecule has 0 aromatic heterocycles. The Morgan fingerprint density at radius 2 is 0.583 bits per heavy atom. The minimum absolute atomic E-state index is 0.00990. The normalized spacial score (nSPS) is 11.3. The molecule has 0 fully saturated rings. The average molecular weight is 1180 g/mol. The molecule has 6 aromatic carbocycles. The van der Waals surface area contributed by atoms with E-state index in [0.29, 0.717) is 10.0 Å². The second-order valence-electron chi connectivity index (χ2n) is 12.3. The number of halogens is 6. The first kappa shape index (κ1) is 48.4. The van der Waals surface area contributed by atoms with Crippen LogP contribution in [0.4, 0.5) is 0 Å². The number of hydrogen-bond acceptors (Lipinski definition) is 3. The summed E-state index contributed by atoms with van der Waals surface area (Å²) < 4.78 is 4.21. The van der Waals surface area contributed by atoms with Gasteiger partial charge < -0.3 is 0 Å². The Morgan fingerprint density at radius 1 is 0.350 bits per heavy atom. The number of benzene rings is 6. The van der Waals surface area contributed by atoms with Gasteiger partial charge in [-0.2, -0.15) is 0 Å². The molecule has 0 heterocycles. The second kappa shape index (κ2) is 26.9. The van der Waals surface area contributed by atoms with Gasteiger partial charge in [-0.05, 0) is 176 Å². The van der Waals surface area contributed by atoms with Crippen molar-refractivity contribution in [3.8, 4) is 0 Å². The first-order valence-electron chi connectivity index (χ1n) is 18.2. The van der Waals surface area contributed by atoms with Crippen LogP contribution < -0.4 is 0 Å². The molecule has 0 atom stereocenters. The smallest absolute Gasteiger partial charge is 0.178 e. The van der Waals surface area contributed by atoms with Crippen molar-refractivity contribution >= 4 is 154 Å². The summed E-state index contributed by atoms with van der Waals surface area (Å²) in [6.07, 6.45) is 20.0. The first-order chi connectivity index (χ1) is 29.0. The van der Waals surface area contributed by atoms with E-state index in [2.05, 4.69) is 77.0 Å². The van der Waals surface area contributed by atoms with Crippen molar-refractivity contribution in [1.82, 2.24) is 0 Å². The third-order valence-corrected chi connectivity index (χ3v) is 12.1. The van der Waals surface area contributed by atoms with Gasteiger partial charge in [0.25, 0.3) is 0 Å². The molecule has 6 rings (SSSR count). The topological polar surface area (TPSA) is 51.2 Å². The van der Waals surface area contributed by atoms with Gasteiger partial charge in [-0.15, -0.1) is 0 Å². The van der Waals surface area contributed by atoms with E-state index < -0.39 is 0 Å². The van der Waals surface area contributed by atoms with Crippen LogP contribution in [-0.2, 0) is 14.4 Å². The van der Waals surface area contributed by atoms with Gasteiger partial charge in [0.1, 0.15) is 0 Å². The van der Waals surface area contributed by atoms with E-state index in [1.807, 2.05) is 146 Å². The lowest BCUT2D eigenvalue weighted by Crippen LogP contribution is -1.87. The van der Waals surface area contributed by atoms with Crippen LogP contribution in [-0.4, -0.2) is 17.3 Å². The predicted octanol–water partition coefficient (Wildman–Crippen LogP) is 16.0.